The lowest BCUT2D eigenvalue weighted by molar-refractivity contribution is 0.243. The highest BCUT2D eigenvalue weighted by Gasteiger charge is 2.00. The Morgan fingerprint density at radius 3 is 3.00 bits per heavy atom. The smallest absolute Gasteiger partial charge is 0.121 e. The Kier molecular flexibility index (Phi) is 2.19. The van der Waals surface area contributed by atoms with Crippen molar-refractivity contribution in [1.82, 2.24) is 4.98 Å². The van der Waals surface area contributed by atoms with Crippen molar-refractivity contribution in [3.05, 3.63) is 23.7 Å². The number of rotatable bonds is 2. The van der Waals surface area contributed by atoms with E-state index >= 15 is 0 Å². The number of benzene rings is 1. The van der Waals surface area contributed by atoms with Crippen LogP contribution in [0, 0.1) is 0 Å². The molecule has 0 bridgehead atoms. The maximum Gasteiger partial charge on any atom is 0.121 e. The quantitative estimate of drug-likeness (QED) is 0.731. The maximum atomic E-state index is 5.56. The van der Waals surface area contributed by atoms with Crippen molar-refractivity contribution < 1.29 is 4.74 Å². The van der Waals surface area contributed by atoms with E-state index in [1.54, 1.807) is 11.3 Å². The first-order valence-electron chi connectivity index (χ1n) is 4.25. The first kappa shape index (κ1) is 8.51. The van der Waals surface area contributed by atoms with Crippen molar-refractivity contribution >= 4 is 21.6 Å². The molecule has 2 aromatic rings. The summed E-state index contributed by atoms with van der Waals surface area (Å²) >= 11 is 1.65. The zero-order valence-corrected chi connectivity index (χ0v) is 8.47. The average molecular weight is 193 g/mol. The van der Waals surface area contributed by atoms with Gasteiger partial charge in [0.15, 0.2) is 0 Å². The SMILES string of the molecule is CC(C)Oc1ccc2scnc2c1. The Morgan fingerprint density at radius 2 is 2.23 bits per heavy atom. The van der Waals surface area contributed by atoms with Gasteiger partial charge in [-0.15, -0.1) is 11.3 Å². The van der Waals surface area contributed by atoms with E-state index in [2.05, 4.69) is 4.98 Å². The van der Waals surface area contributed by atoms with Gasteiger partial charge >= 0.3 is 0 Å². The van der Waals surface area contributed by atoms with Crippen LogP contribution in [0.25, 0.3) is 10.2 Å². The molecule has 0 N–H and O–H groups in total. The second-order valence-electron chi connectivity index (χ2n) is 3.15. The zero-order valence-electron chi connectivity index (χ0n) is 7.65. The van der Waals surface area contributed by atoms with Crippen molar-refractivity contribution in [2.24, 2.45) is 0 Å². The van der Waals surface area contributed by atoms with E-state index in [9.17, 15) is 0 Å². The Hall–Kier alpha value is -1.09. The molecule has 0 aliphatic rings. The lowest BCUT2D eigenvalue weighted by atomic mass is 10.3. The van der Waals surface area contributed by atoms with E-state index in [-0.39, 0.29) is 6.10 Å². The molecule has 2 rings (SSSR count). The van der Waals surface area contributed by atoms with Gasteiger partial charge in [-0.3, -0.25) is 0 Å². The lowest BCUT2D eigenvalue weighted by Gasteiger charge is -2.08. The third-order valence-corrected chi connectivity index (χ3v) is 2.48. The first-order valence-corrected chi connectivity index (χ1v) is 5.13. The Bertz CT molecular complexity index is 408. The van der Waals surface area contributed by atoms with Gasteiger partial charge in [0.1, 0.15) is 5.75 Å². The van der Waals surface area contributed by atoms with Crippen molar-refractivity contribution in [2.75, 3.05) is 0 Å². The third kappa shape index (κ3) is 1.80. The summed E-state index contributed by atoms with van der Waals surface area (Å²) in [5, 5.41) is 0. The normalized spacial score (nSPS) is 11.0. The van der Waals surface area contributed by atoms with Crippen molar-refractivity contribution in [1.29, 1.82) is 0 Å². The molecular formula is C10H11NOS. The van der Waals surface area contributed by atoms with Crippen LogP contribution in [0.15, 0.2) is 23.7 Å². The Balaban J connectivity index is 2.37. The number of ether oxygens (including phenoxy) is 1. The van der Waals surface area contributed by atoms with Crippen molar-refractivity contribution in [2.45, 2.75) is 20.0 Å². The molecule has 1 aromatic heterocycles. The van der Waals surface area contributed by atoms with Gasteiger partial charge in [-0.05, 0) is 26.0 Å². The second-order valence-corrected chi connectivity index (χ2v) is 4.03. The van der Waals surface area contributed by atoms with Gasteiger partial charge < -0.3 is 4.74 Å². The fourth-order valence-electron chi connectivity index (χ4n) is 1.18. The minimum absolute atomic E-state index is 0.219. The van der Waals surface area contributed by atoms with Crippen molar-refractivity contribution in [3.8, 4) is 5.75 Å². The van der Waals surface area contributed by atoms with Crippen LogP contribution in [0.5, 0.6) is 5.75 Å². The molecule has 3 heteroatoms. The average Bonchev–Trinajstić information content (AvgIpc) is 2.49. The van der Waals surface area contributed by atoms with E-state index in [0.717, 1.165) is 11.3 Å². The summed E-state index contributed by atoms with van der Waals surface area (Å²) in [6.45, 7) is 4.04. The minimum atomic E-state index is 0.219. The van der Waals surface area contributed by atoms with E-state index in [0.29, 0.717) is 0 Å². The van der Waals surface area contributed by atoms with E-state index in [4.69, 9.17) is 4.74 Å². The summed E-state index contributed by atoms with van der Waals surface area (Å²) in [7, 11) is 0. The molecule has 1 aromatic carbocycles. The van der Waals surface area contributed by atoms with Crippen LogP contribution in [0.3, 0.4) is 0 Å². The number of nitrogens with zero attached hydrogens (tertiary/aromatic N) is 1. The number of aromatic nitrogens is 1. The fraction of sp³-hybridized carbons (Fsp3) is 0.300. The number of thiazole rings is 1. The molecule has 0 amide bonds. The summed E-state index contributed by atoms with van der Waals surface area (Å²) in [6, 6.07) is 6.01. The monoisotopic (exact) mass is 193 g/mol. The molecule has 0 saturated carbocycles. The molecule has 0 atom stereocenters. The van der Waals surface area contributed by atoms with Gasteiger partial charge in [0, 0.05) is 6.07 Å². The summed E-state index contributed by atoms with van der Waals surface area (Å²) in [6.07, 6.45) is 0.219. The van der Waals surface area contributed by atoms with E-state index in [1.165, 1.54) is 4.70 Å². The first-order chi connectivity index (χ1) is 6.25. The van der Waals surface area contributed by atoms with Gasteiger partial charge in [-0.25, -0.2) is 4.98 Å². The van der Waals surface area contributed by atoms with Crippen LogP contribution in [0.4, 0.5) is 0 Å². The lowest BCUT2D eigenvalue weighted by Crippen LogP contribution is -2.05. The number of hydrogen-bond acceptors (Lipinski definition) is 3. The second kappa shape index (κ2) is 3.34. The number of hydrogen-bond donors (Lipinski definition) is 0. The standard InChI is InChI=1S/C10H11NOS/c1-7(2)12-8-3-4-10-9(5-8)11-6-13-10/h3-7H,1-2H3. The zero-order chi connectivity index (χ0) is 9.26. The topological polar surface area (TPSA) is 22.1 Å². The highest BCUT2D eigenvalue weighted by molar-refractivity contribution is 7.16. The Morgan fingerprint density at radius 1 is 1.38 bits per heavy atom. The molecule has 2 nitrogen and oxygen atoms in total. The molecule has 1 heterocycles. The highest BCUT2D eigenvalue weighted by Crippen LogP contribution is 2.23. The van der Waals surface area contributed by atoms with Crippen LogP contribution in [-0.4, -0.2) is 11.1 Å². The molecule has 0 saturated heterocycles. The third-order valence-electron chi connectivity index (χ3n) is 1.67. The van der Waals surface area contributed by atoms with Gasteiger partial charge in [-0.1, -0.05) is 0 Å². The van der Waals surface area contributed by atoms with E-state index < -0.39 is 0 Å². The molecule has 0 fully saturated rings. The minimum Gasteiger partial charge on any atom is -0.491 e. The molecule has 68 valence electrons. The number of fused-ring (bicyclic) bond motifs is 1. The van der Waals surface area contributed by atoms with E-state index in [1.807, 2.05) is 37.6 Å². The van der Waals surface area contributed by atoms with Crippen LogP contribution in [-0.2, 0) is 0 Å². The molecule has 13 heavy (non-hydrogen) atoms. The highest BCUT2D eigenvalue weighted by atomic mass is 32.1. The fourth-order valence-corrected chi connectivity index (χ4v) is 1.84. The Labute approximate surface area is 81.2 Å². The molecule has 0 unspecified atom stereocenters. The van der Waals surface area contributed by atoms with Gasteiger partial charge in [0.25, 0.3) is 0 Å². The van der Waals surface area contributed by atoms with Gasteiger partial charge in [-0.2, -0.15) is 0 Å². The largest absolute Gasteiger partial charge is 0.491 e. The summed E-state index contributed by atoms with van der Waals surface area (Å²) in [5.74, 6) is 0.897. The van der Waals surface area contributed by atoms with Crippen LogP contribution in [0.1, 0.15) is 13.8 Å². The molecule has 0 aliphatic carbocycles. The summed E-state index contributed by atoms with van der Waals surface area (Å²) < 4.78 is 6.76. The molecule has 0 aliphatic heterocycles. The van der Waals surface area contributed by atoms with Gasteiger partial charge in [0.05, 0.1) is 21.8 Å². The van der Waals surface area contributed by atoms with Crippen LogP contribution < -0.4 is 4.74 Å². The van der Waals surface area contributed by atoms with Crippen LogP contribution in [0.2, 0.25) is 0 Å². The maximum absolute atomic E-state index is 5.56. The van der Waals surface area contributed by atoms with Crippen LogP contribution >= 0.6 is 11.3 Å². The molecule has 0 spiro atoms. The predicted molar refractivity (Wildman–Crippen MR) is 55.4 cm³/mol. The predicted octanol–water partition coefficient (Wildman–Crippen LogP) is 3.08. The summed E-state index contributed by atoms with van der Waals surface area (Å²) in [4.78, 5) is 4.23. The van der Waals surface area contributed by atoms with Gasteiger partial charge in [0.2, 0.25) is 0 Å². The van der Waals surface area contributed by atoms with Crippen molar-refractivity contribution in [3.63, 3.8) is 0 Å². The summed E-state index contributed by atoms with van der Waals surface area (Å²) in [5.41, 5.74) is 2.87. The molecule has 0 radical (unpaired) electrons. The molecular weight excluding hydrogens is 182 g/mol.